The molecule has 0 unspecified atom stereocenters. The molecule has 5 heteroatoms. The molecule has 0 atom stereocenters. The third-order valence-electron chi connectivity index (χ3n) is 17.9. The minimum atomic E-state index is -2.33. The summed E-state index contributed by atoms with van der Waals surface area (Å²) in [5, 5.41) is -0.830. The lowest BCUT2D eigenvalue weighted by Gasteiger charge is -2.42. The van der Waals surface area contributed by atoms with Crippen molar-refractivity contribution < 1.29 is 40.4 Å². The molecule has 0 spiro atoms. The average molecular weight is 1170 g/mol. The molecular weight excluding hydrogens is 1090 g/mol. The summed E-state index contributed by atoms with van der Waals surface area (Å²) in [4.78, 5) is 2.01. The van der Waals surface area contributed by atoms with Gasteiger partial charge in [0.25, 0.3) is 6.71 Å². The Kier molecular flexibility index (Phi) is 6.85. The molecular formula is C85H54BN3O. The average Bonchev–Trinajstić information content (AvgIpc) is 1.32. The van der Waals surface area contributed by atoms with E-state index in [1.807, 2.05) is 102 Å². The van der Waals surface area contributed by atoms with Gasteiger partial charge in [0.05, 0.1) is 74.5 Å². The van der Waals surface area contributed by atoms with E-state index in [-0.39, 0.29) is 77.6 Å². The first kappa shape index (κ1) is 31.3. The lowest BCUT2D eigenvalue weighted by Crippen LogP contribution is -2.59. The fourth-order valence-electron chi connectivity index (χ4n) is 14.4. The molecule has 90 heavy (non-hydrogen) atoms. The van der Waals surface area contributed by atoms with Crippen LogP contribution in [-0.4, -0.2) is 15.8 Å². The fraction of sp³-hybridized carbons (Fsp3) is 0.0118. The third kappa shape index (κ3) is 7.20. The maximum absolute atomic E-state index is 10.0. The van der Waals surface area contributed by atoms with Crippen molar-refractivity contribution in [2.45, 2.75) is 5.41 Å². The summed E-state index contributed by atoms with van der Waals surface area (Å²) in [6.07, 6.45) is 0. The smallest absolute Gasteiger partial charge is 0.256 e. The van der Waals surface area contributed by atoms with E-state index >= 15 is 0 Å². The number of hydrogen-bond donors (Lipinski definition) is 0. The van der Waals surface area contributed by atoms with Crippen LogP contribution in [0.5, 0.6) is 11.5 Å². The van der Waals surface area contributed by atoms with E-state index in [2.05, 4.69) is 0 Å². The van der Waals surface area contributed by atoms with E-state index in [4.69, 9.17) is 15.7 Å². The van der Waals surface area contributed by atoms with Gasteiger partial charge in [-0.1, -0.05) is 272 Å². The molecule has 16 aromatic rings. The highest BCUT2D eigenvalue weighted by Crippen LogP contribution is 2.59. The number of aromatic nitrogens is 2. The number of hydrogen-bond acceptors (Lipinski definition) is 2. The van der Waals surface area contributed by atoms with Gasteiger partial charge in [-0.2, -0.15) is 0 Å². The molecule has 0 radical (unpaired) electrons. The minimum absolute atomic E-state index is 0.0327. The molecule has 4 nitrogen and oxygen atoms in total. The number of rotatable bonds is 8. The fourth-order valence-corrected chi connectivity index (χ4v) is 14.4. The molecule has 3 aliphatic rings. The van der Waals surface area contributed by atoms with Crippen LogP contribution in [0.15, 0.2) is 327 Å². The second-order valence-electron chi connectivity index (χ2n) is 22.3. The van der Waals surface area contributed by atoms with Crippen LogP contribution in [-0.2, 0) is 5.41 Å². The zero-order valence-electron chi connectivity index (χ0n) is 73.0. The highest BCUT2D eigenvalue weighted by atomic mass is 16.5. The first-order chi connectivity index (χ1) is 55.5. The van der Waals surface area contributed by atoms with Crippen LogP contribution in [0.2, 0.25) is 0 Å². The Morgan fingerprint density at radius 3 is 1.41 bits per heavy atom. The maximum Gasteiger partial charge on any atom is 0.256 e. The van der Waals surface area contributed by atoms with E-state index in [1.54, 1.807) is 72.8 Å². The minimum Gasteiger partial charge on any atom is -0.458 e. The van der Waals surface area contributed by atoms with Gasteiger partial charge in [0.1, 0.15) is 11.5 Å². The number of nitrogens with zero attached hydrogens (tertiary/aromatic N) is 3. The van der Waals surface area contributed by atoms with Gasteiger partial charge in [-0.25, -0.2) is 0 Å². The molecule has 0 bridgehead atoms. The summed E-state index contributed by atoms with van der Waals surface area (Å²) >= 11 is 0. The van der Waals surface area contributed by atoms with E-state index < -0.39 is 180 Å². The van der Waals surface area contributed by atoms with Gasteiger partial charge in [-0.05, 0) is 114 Å². The normalized spacial score (nSPS) is 17.3. The Morgan fingerprint density at radius 2 is 0.822 bits per heavy atom. The standard InChI is InChI=1S/C85H54BN3O/c1-5-25-55(26-6-1)63-39-24-40-64(56-27-7-2-8-28-56)84(63)89-78-51-57(62-38-23-41-70-65-33-13-18-42-71(65)85(82(62)70,58-29-9-3-10-30-58)59-31-11-4-12-32-59)47-49-72(78)86-73-50-48-60(87-74-43-19-14-34-66(74)67-35-15-20-44-75(67)87)53-80(73)90-81-54-61(52-79(89)83(81)86)88-76-45-21-16-36-68(76)69-37-17-22-46-77(69)88/h1-54H/i3D,4D,9D,10D,11D,12D,14D,15D,16D,17D,19D,20D,21D,22D,29D,30D,31D,32D,34D,35D,36D,37D,43D,44D,45D,46D. The number of para-hydroxylation sites is 5. The molecule has 2 aromatic heterocycles. The molecule has 418 valence electrons. The van der Waals surface area contributed by atoms with Gasteiger partial charge in [0.15, 0.2) is 0 Å². The first-order valence-corrected chi connectivity index (χ1v) is 29.1. The van der Waals surface area contributed by atoms with Crippen molar-refractivity contribution in [3.63, 3.8) is 0 Å². The SMILES string of the molecule is [2H]c1c([2H])c([2H])c(C2(c3c([2H])c([2H])c([2H])c([2H])c3[2H])c3ccccc3-c3cccc(-c4ccc5c(c4)N(c4c(-c6ccccc6)cccc4-c4ccccc4)c4cc(-n6c7c([2H])c([2H])c([2H])c([2H])c7c7c([2H])c([2H])c([2H])c([2H])c76)cc6c4B5c4ccc(-n5c7c([2H])c([2H])c([2H])c([2H])c7c7c([2H])c([2H])c([2H])c([2H])c75)cc4O6)c32)c([2H])c1[2H]. The van der Waals surface area contributed by atoms with Crippen molar-refractivity contribution in [2.75, 3.05) is 4.90 Å². The van der Waals surface area contributed by atoms with Gasteiger partial charge in [-0.3, -0.25) is 0 Å². The Bertz CT molecular complexity index is 6890. The van der Waals surface area contributed by atoms with Gasteiger partial charge in [0, 0.05) is 61.9 Å². The van der Waals surface area contributed by atoms with Crippen molar-refractivity contribution in [3.8, 4) is 67.4 Å². The Morgan fingerprint density at radius 1 is 0.344 bits per heavy atom. The first-order valence-electron chi connectivity index (χ1n) is 42.1. The summed E-state index contributed by atoms with van der Waals surface area (Å²) in [5.74, 6) is 0.137. The highest BCUT2D eigenvalue weighted by Gasteiger charge is 2.49. The topological polar surface area (TPSA) is 22.3 Å². The second-order valence-corrected chi connectivity index (χ2v) is 22.3. The zero-order valence-corrected chi connectivity index (χ0v) is 47.0. The number of benzene rings is 14. The van der Waals surface area contributed by atoms with Gasteiger partial charge in [0.2, 0.25) is 0 Å². The Labute approximate surface area is 558 Å². The van der Waals surface area contributed by atoms with Crippen molar-refractivity contribution in [2.24, 2.45) is 0 Å². The van der Waals surface area contributed by atoms with Crippen LogP contribution in [0.25, 0.3) is 99.5 Å². The Balaban J connectivity index is 0.996. The molecule has 14 aromatic carbocycles. The van der Waals surface area contributed by atoms with E-state index in [0.717, 1.165) is 0 Å². The Hall–Kier alpha value is -11.7. The summed E-state index contributed by atoms with van der Waals surface area (Å²) in [6.45, 7) is -0.987. The molecule has 0 N–H and O–H groups in total. The van der Waals surface area contributed by atoms with Gasteiger partial charge in [-0.15, -0.1) is 0 Å². The van der Waals surface area contributed by atoms with Crippen molar-refractivity contribution >= 4 is 83.8 Å². The van der Waals surface area contributed by atoms with Crippen LogP contribution in [0.1, 0.15) is 57.9 Å². The molecule has 19 rings (SSSR count). The summed E-state index contributed by atoms with van der Waals surface area (Å²) in [5.41, 5.74) is 3.48. The molecule has 0 fully saturated rings. The van der Waals surface area contributed by atoms with Crippen LogP contribution in [0.4, 0.5) is 17.1 Å². The highest BCUT2D eigenvalue weighted by molar-refractivity contribution is 6.99. The molecule has 1 aliphatic carbocycles. The number of anilines is 3. The van der Waals surface area contributed by atoms with Gasteiger partial charge >= 0.3 is 0 Å². The molecule has 0 amide bonds. The van der Waals surface area contributed by atoms with Crippen LogP contribution >= 0.6 is 0 Å². The van der Waals surface area contributed by atoms with Crippen LogP contribution in [0, 0.1) is 0 Å². The van der Waals surface area contributed by atoms with E-state index in [9.17, 15) is 24.7 Å². The number of fused-ring (bicyclic) bond motifs is 13. The lowest BCUT2D eigenvalue weighted by molar-refractivity contribution is 0.487. The van der Waals surface area contributed by atoms with Crippen molar-refractivity contribution in [1.29, 1.82) is 0 Å². The number of ether oxygens (including phenoxy) is 1. The summed E-state index contributed by atoms with van der Waals surface area (Å²) in [7, 11) is 0. The molecule has 0 saturated heterocycles. The predicted molar refractivity (Wildman–Crippen MR) is 375 cm³/mol. The summed E-state index contributed by atoms with van der Waals surface area (Å²) in [6, 6.07) is 33.4. The molecule has 2 aliphatic heterocycles. The van der Waals surface area contributed by atoms with Crippen molar-refractivity contribution in [3.05, 3.63) is 349 Å². The van der Waals surface area contributed by atoms with E-state index in [1.165, 1.54) is 9.13 Å². The van der Waals surface area contributed by atoms with Crippen LogP contribution < -0.4 is 26.0 Å². The monoisotopic (exact) mass is 1170 g/mol. The zero-order chi connectivity index (χ0) is 81.6. The largest absolute Gasteiger partial charge is 0.458 e. The van der Waals surface area contributed by atoms with Gasteiger partial charge < -0.3 is 18.8 Å². The summed E-state index contributed by atoms with van der Waals surface area (Å²) < 4.78 is 254. The maximum atomic E-state index is 10.0. The van der Waals surface area contributed by atoms with E-state index in [0.29, 0.717) is 78.0 Å². The van der Waals surface area contributed by atoms with Crippen LogP contribution in [0.3, 0.4) is 0 Å². The third-order valence-corrected chi connectivity index (χ3v) is 17.9. The van der Waals surface area contributed by atoms with Crippen molar-refractivity contribution in [1.82, 2.24) is 9.13 Å². The second kappa shape index (κ2) is 19.7. The molecule has 0 saturated carbocycles. The quantitative estimate of drug-likeness (QED) is 0.142. The lowest BCUT2D eigenvalue weighted by atomic mass is 9.34. The predicted octanol–water partition coefficient (Wildman–Crippen LogP) is 19.7. The molecule has 4 heterocycles.